The van der Waals surface area contributed by atoms with Gasteiger partial charge < -0.3 is 25.4 Å². The van der Waals surface area contributed by atoms with Crippen molar-refractivity contribution in [2.75, 3.05) is 6.54 Å². The molecule has 244 valence electrons. The molecule has 2 aromatic rings. The maximum Gasteiger partial charge on any atom is 0.408 e. The second-order valence-corrected chi connectivity index (χ2v) is 12.7. The minimum atomic E-state index is -1.63. The Morgan fingerprint density at radius 2 is 1.78 bits per heavy atom. The average Bonchev–Trinajstić information content (AvgIpc) is 3.53. The Kier molecular flexibility index (Phi) is 9.13. The highest BCUT2D eigenvalue weighted by Crippen LogP contribution is 2.46. The van der Waals surface area contributed by atoms with Crippen LogP contribution in [0.1, 0.15) is 76.7 Å². The highest BCUT2D eigenvalue weighted by molar-refractivity contribution is 6.38. The number of aromatic nitrogens is 4. The molecule has 3 heterocycles. The van der Waals surface area contributed by atoms with Gasteiger partial charge in [0, 0.05) is 24.4 Å². The topological polar surface area (TPSA) is 186 Å². The van der Waals surface area contributed by atoms with E-state index in [1.165, 1.54) is 9.70 Å². The van der Waals surface area contributed by atoms with Crippen molar-refractivity contribution >= 4 is 29.7 Å². The van der Waals surface area contributed by atoms with E-state index >= 15 is 0 Å². The van der Waals surface area contributed by atoms with E-state index in [1.807, 2.05) is 36.4 Å². The van der Waals surface area contributed by atoms with Crippen LogP contribution in [0, 0.1) is 5.92 Å². The summed E-state index contributed by atoms with van der Waals surface area (Å²) in [6.45, 7) is 0.0422. The Bertz CT molecular complexity index is 1500. The van der Waals surface area contributed by atoms with E-state index in [-0.39, 0.29) is 25.5 Å². The minimum Gasteiger partial charge on any atom is -0.475 e. The number of ketones is 1. The molecule has 1 saturated heterocycles. The van der Waals surface area contributed by atoms with Crippen LogP contribution in [0.25, 0.3) is 11.4 Å². The number of tetrazole rings is 1. The lowest BCUT2D eigenvalue weighted by Gasteiger charge is -2.29. The van der Waals surface area contributed by atoms with Crippen molar-refractivity contribution in [3.05, 3.63) is 42.5 Å². The third-order valence-electron chi connectivity index (χ3n) is 9.51. The SMILES string of the molecule is O=C(N[C@H]1CCCCC/C=C\[C@H]2C[C@@]2(C(=O)C(=O)O)NC(=O)[C@@H]2C[C@@H](n3nnc(-c4ccccc4)n3)CN2C1=O)OC1CCCC1. The molecule has 4 aliphatic rings. The Morgan fingerprint density at radius 1 is 1.02 bits per heavy atom. The molecular formula is C32H39N7O7. The Labute approximate surface area is 265 Å². The lowest BCUT2D eigenvalue weighted by Crippen LogP contribution is -2.57. The predicted octanol–water partition coefficient (Wildman–Crippen LogP) is 2.57. The zero-order valence-corrected chi connectivity index (χ0v) is 25.5. The minimum absolute atomic E-state index is 0.0422. The summed E-state index contributed by atoms with van der Waals surface area (Å²) in [4.78, 5) is 68.6. The number of amides is 3. The quantitative estimate of drug-likeness (QED) is 0.315. The zero-order valence-electron chi connectivity index (χ0n) is 25.5. The summed E-state index contributed by atoms with van der Waals surface area (Å²) in [7, 11) is 0. The lowest BCUT2D eigenvalue weighted by molar-refractivity contribution is -0.151. The number of carbonyl (C=O) groups excluding carboxylic acids is 4. The summed E-state index contributed by atoms with van der Waals surface area (Å²) in [6.07, 6.45) is 9.92. The molecule has 1 aromatic carbocycles. The lowest BCUT2D eigenvalue weighted by atomic mass is 10.0. The fourth-order valence-electron chi connectivity index (χ4n) is 6.87. The monoisotopic (exact) mass is 633 g/mol. The maximum absolute atomic E-state index is 14.2. The summed E-state index contributed by atoms with van der Waals surface area (Å²) in [5.41, 5.74) is -0.830. The molecule has 3 amide bonds. The Balaban J connectivity index is 1.29. The number of hydrogen-bond donors (Lipinski definition) is 3. The normalized spacial score (nSPS) is 29.4. The average molecular weight is 634 g/mol. The van der Waals surface area contributed by atoms with Crippen molar-refractivity contribution in [3.8, 4) is 11.4 Å². The van der Waals surface area contributed by atoms with Gasteiger partial charge in [-0.15, -0.1) is 10.2 Å². The number of alkyl carbamates (subject to hydrolysis) is 1. The van der Waals surface area contributed by atoms with E-state index in [1.54, 1.807) is 6.08 Å². The van der Waals surface area contributed by atoms with Crippen LogP contribution in [0.2, 0.25) is 0 Å². The molecule has 0 radical (unpaired) electrons. The van der Waals surface area contributed by atoms with Crippen LogP contribution in [-0.4, -0.2) is 90.1 Å². The first-order valence-electron chi connectivity index (χ1n) is 16.1. The van der Waals surface area contributed by atoms with Crippen LogP contribution < -0.4 is 10.6 Å². The number of nitrogens with zero attached hydrogens (tertiary/aromatic N) is 5. The van der Waals surface area contributed by atoms with E-state index in [2.05, 4.69) is 26.0 Å². The second-order valence-electron chi connectivity index (χ2n) is 12.7. The molecule has 3 N–H and O–H groups in total. The van der Waals surface area contributed by atoms with Gasteiger partial charge in [0.15, 0.2) is 0 Å². The van der Waals surface area contributed by atoms with Gasteiger partial charge in [-0.05, 0) is 56.6 Å². The van der Waals surface area contributed by atoms with Crippen LogP contribution in [0.4, 0.5) is 4.79 Å². The largest absolute Gasteiger partial charge is 0.475 e. The van der Waals surface area contributed by atoms with Gasteiger partial charge in [0.1, 0.15) is 23.7 Å². The van der Waals surface area contributed by atoms with Gasteiger partial charge in [-0.1, -0.05) is 55.3 Å². The summed E-state index contributed by atoms with van der Waals surface area (Å²) >= 11 is 0. The molecule has 1 aromatic heterocycles. The fourth-order valence-corrected chi connectivity index (χ4v) is 6.87. The summed E-state index contributed by atoms with van der Waals surface area (Å²) in [5, 5.41) is 28.0. The van der Waals surface area contributed by atoms with Gasteiger partial charge in [-0.25, -0.2) is 9.59 Å². The predicted molar refractivity (Wildman–Crippen MR) is 162 cm³/mol. The first-order chi connectivity index (χ1) is 22.2. The second kappa shape index (κ2) is 13.4. The number of nitrogens with one attached hydrogen (secondary N) is 2. The van der Waals surface area contributed by atoms with Crippen LogP contribution in [-0.2, 0) is 23.9 Å². The van der Waals surface area contributed by atoms with Gasteiger partial charge in [0.05, 0.1) is 6.04 Å². The number of carboxylic acid groups (broad SMARTS) is 1. The molecule has 14 heteroatoms. The van der Waals surface area contributed by atoms with Crippen molar-refractivity contribution in [3.63, 3.8) is 0 Å². The van der Waals surface area contributed by atoms with Crippen molar-refractivity contribution < 1.29 is 33.8 Å². The van der Waals surface area contributed by atoms with Crippen LogP contribution >= 0.6 is 0 Å². The Morgan fingerprint density at radius 3 is 2.54 bits per heavy atom. The molecule has 2 aliphatic heterocycles. The highest BCUT2D eigenvalue weighted by Gasteiger charge is 2.62. The van der Waals surface area contributed by atoms with E-state index in [0.29, 0.717) is 25.1 Å². The molecule has 2 saturated carbocycles. The van der Waals surface area contributed by atoms with Gasteiger partial charge in [0.2, 0.25) is 17.6 Å². The molecule has 0 unspecified atom stereocenters. The van der Waals surface area contributed by atoms with Crippen LogP contribution in [0.5, 0.6) is 0 Å². The van der Waals surface area contributed by atoms with Gasteiger partial charge in [0.25, 0.3) is 5.78 Å². The molecule has 46 heavy (non-hydrogen) atoms. The number of rotatable bonds is 6. The summed E-state index contributed by atoms with van der Waals surface area (Å²) in [6, 6.07) is 6.69. The van der Waals surface area contributed by atoms with E-state index in [4.69, 9.17) is 4.74 Å². The Hall–Kier alpha value is -4.62. The van der Waals surface area contributed by atoms with Crippen molar-refractivity contribution in [1.82, 2.24) is 35.7 Å². The van der Waals surface area contributed by atoms with Crippen molar-refractivity contribution in [1.29, 1.82) is 0 Å². The van der Waals surface area contributed by atoms with Crippen molar-refractivity contribution in [2.45, 2.75) is 100 Å². The molecule has 0 spiro atoms. The van der Waals surface area contributed by atoms with Crippen LogP contribution in [0.15, 0.2) is 42.5 Å². The van der Waals surface area contributed by atoms with Gasteiger partial charge in [-0.3, -0.25) is 14.4 Å². The van der Waals surface area contributed by atoms with E-state index in [9.17, 15) is 29.1 Å². The number of allylic oxidation sites excluding steroid dienone is 1. The number of carbonyl (C=O) groups is 5. The molecule has 3 fully saturated rings. The smallest absolute Gasteiger partial charge is 0.408 e. The number of carboxylic acids is 1. The molecule has 14 nitrogen and oxygen atoms in total. The maximum atomic E-state index is 14.2. The van der Waals surface area contributed by atoms with Gasteiger partial charge >= 0.3 is 12.1 Å². The van der Waals surface area contributed by atoms with E-state index in [0.717, 1.165) is 44.1 Å². The summed E-state index contributed by atoms with van der Waals surface area (Å²) in [5.74, 6) is -3.91. The number of benzene rings is 1. The highest BCUT2D eigenvalue weighted by atomic mass is 16.6. The number of ether oxygens (including phenoxy) is 1. The fraction of sp³-hybridized carbons (Fsp3) is 0.562. The van der Waals surface area contributed by atoms with Crippen molar-refractivity contribution in [2.24, 2.45) is 5.92 Å². The third-order valence-corrected chi connectivity index (χ3v) is 9.51. The number of hydrogen-bond acceptors (Lipinski definition) is 9. The number of Topliss-reactive ketones (excluding diaryl/α,β-unsaturated/α-hetero) is 1. The third kappa shape index (κ3) is 6.65. The first kappa shape index (κ1) is 31.4. The van der Waals surface area contributed by atoms with Crippen LogP contribution in [0.3, 0.4) is 0 Å². The molecule has 6 rings (SSSR count). The van der Waals surface area contributed by atoms with E-state index < -0.39 is 59.2 Å². The molecule has 0 bridgehead atoms. The van der Waals surface area contributed by atoms with Gasteiger partial charge in [-0.2, -0.15) is 4.80 Å². The number of aliphatic carboxylic acids is 1. The molecule has 2 aliphatic carbocycles. The zero-order chi connectivity index (χ0) is 32.3. The molecular weight excluding hydrogens is 594 g/mol. The first-order valence-corrected chi connectivity index (χ1v) is 16.1. The summed E-state index contributed by atoms with van der Waals surface area (Å²) < 4.78 is 5.60. The number of fused-ring (bicyclic) bond motifs is 2. The molecule has 5 atom stereocenters. The standard InChI is InChI=1S/C32H39N7O7/c40-26(30(43)44)32-18-21(32)13-7-2-1-3-8-16-24(33-31(45)46-23-14-9-10-15-23)29(42)38-19-22(17-25(38)28(41)34-32)39-36-27(35-37-39)20-11-5-4-6-12-20/h4-7,11-13,21-25H,1-3,8-10,14-19H2,(H,33,45)(H,34,41)(H,43,44)/b13-7-/t21-,22+,24-,25-,32+/m0/s1.